The molecule has 1 nitrogen and oxygen atoms in total. The fourth-order valence-electron chi connectivity index (χ4n) is 2.45. The summed E-state index contributed by atoms with van der Waals surface area (Å²) in [4.78, 5) is 12.0. The van der Waals surface area contributed by atoms with E-state index in [0.717, 1.165) is 25.7 Å². The second-order valence-corrected chi connectivity index (χ2v) is 5.00. The monoisotopic (exact) mass is 196 g/mol. The van der Waals surface area contributed by atoms with Crippen molar-refractivity contribution in [2.45, 2.75) is 71.6 Å². The summed E-state index contributed by atoms with van der Waals surface area (Å²) in [7, 11) is 0. The summed E-state index contributed by atoms with van der Waals surface area (Å²) in [6, 6.07) is 0. The number of rotatable bonds is 5. The Morgan fingerprint density at radius 1 is 1.14 bits per heavy atom. The molecule has 82 valence electrons. The molecule has 0 N–H and O–H groups in total. The van der Waals surface area contributed by atoms with Crippen molar-refractivity contribution in [3.8, 4) is 0 Å². The Hall–Kier alpha value is -0.330. The van der Waals surface area contributed by atoms with Crippen LogP contribution < -0.4 is 0 Å². The Morgan fingerprint density at radius 3 is 2.36 bits per heavy atom. The van der Waals surface area contributed by atoms with E-state index in [0.29, 0.717) is 5.78 Å². The molecule has 0 aromatic carbocycles. The molecule has 0 atom stereocenters. The highest BCUT2D eigenvalue weighted by Gasteiger charge is 2.33. The lowest BCUT2D eigenvalue weighted by Gasteiger charge is -2.32. The number of carbonyl (C=O) groups is 1. The lowest BCUT2D eigenvalue weighted by molar-refractivity contribution is -0.129. The van der Waals surface area contributed by atoms with Crippen molar-refractivity contribution in [1.29, 1.82) is 0 Å². The van der Waals surface area contributed by atoms with E-state index in [9.17, 15) is 4.79 Å². The van der Waals surface area contributed by atoms with Gasteiger partial charge in [0.1, 0.15) is 5.78 Å². The van der Waals surface area contributed by atoms with Gasteiger partial charge in [0, 0.05) is 11.8 Å². The van der Waals surface area contributed by atoms with Crippen LogP contribution in [0.3, 0.4) is 0 Å². The maximum absolute atomic E-state index is 12.0. The van der Waals surface area contributed by atoms with Crippen molar-refractivity contribution in [2.75, 3.05) is 0 Å². The average molecular weight is 196 g/mol. The lowest BCUT2D eigenvalue weighted by atomic mass is 9.71. The molecular weight excluding hydrogens is 172 g/mol. The van der Waals surface area contributed by atoms with Gasteiger partial charge in [-0.3, -0.25) is 4.79 Å². The zero-order valence-corrected chi connectivity index (χ0v) is 9.77. The molecular formula is C13H24O. The smallest absolute Gasteiger partial charge is 0.138 e. The molecule has 0 amide bonds. The highest BCUT2D eigenvalue weighted by molar-refractivity contribution is 5.84. The number of Topliss-reactive ketones (excluding diaryl/α,β-unsaturated/α-hetero) is 1. The van der Waals surface area contributed by atoms with E-state index in [-0.39, 0.29) is 5.41 Å². The van der Waals surface area contributed by atoms with Gasteiger partial charge < -0.3 is 0 Å². The molecule has 0 bridgehead atoms. The molecule has 0 aromatic heterocycles. The molecule has 0 spiro atoms. The molecule has 0 saturated heterocycles. The Morgan fingerprint density at radius 2 is 1.79 bits per heavy atom. The van der Waals surface area contributed by atoms with Crippen LogP contribution in [0.1, 0.15) is 71.6 Å². The summed E-state index contributed by atoms with van der Waals surface area (Å²) in [6.45, 7) is 4.37. The van der Waals surface area contributed by atoms with Gasteiger partial charge in [0.2, 0.25) is 0 Å². The van der Waals surface area contributed by atoms with Crippen LogP contribution in [-0.2, 0) is 4.79 Å². The van der Waals surface area contributed by atoms with E-state index < -0.39 is 0 Å². The summed E-state index contributed by atoms with van der Waals surface area (Å²) in [5.74, 6) is 0.533. The van der Waals surface area contributed by atoms with E-state index in [1.54, 1.807) is 0 Å². The van der Waals surface area contributed by atoms with Gasteiger partial charge in [0.25, 0.3) is 0 Å². The zero-order valence-electron chi connectivity index (χ0n) is 9.77. The average Bonchev–Trinajstić information content (AvgIpc) is 2.19. The van der Waals surface area contributed by atoms with Crippen LogP contribution in [0.15, 0.2) is 0 Å². The maximum atomic E-state index is 12.0. The van der Waals surface area contributed by atoms with E-state index in [4.69, 9.17) is 0 Å². The van der Waals surface area contributed by atoms with Gasteiger partial charge in [-0.25, -0.2) is 0 Å². The van der Waals surface area contributed by atoms with Crippen LogP contribution in [0.2, 0.25) is 0 Å². The summed E-state index contributed by atoms with van der Waals surface area (Å²) in [5.41, 5.74) is 0.0476. The third-order valence-electron chi connectivity index (χ3n) is 3.64. The number of unbranched alkanes of at least 4 members (excludes halogenated alkanes) is 2. The van der Waals surface area contributed by atoms with Gasteiger partial charge in [0.15, 0.2) is 0 Å². The minimum Gasteiger partial charge on any atom is -0.299 e. The first-order valence-corrected chi connectivity index (χ1v) is 6.22. The SMILES string of the molecule is CCCCCC(=O)C1(C)CCCCC1. The topological polar surface area (TPSA) is 17.1 Å². The first kappa shape index (κ1) is 11.7. The van der Waals surface area contributed by atoms with Crippen molar-refractivity contribution >= 4 is 5.78 Å². The van der Waals surface area contributed by atoms with Crippen molar-refractivity contribution < 1.29 is 4.79 Å². The predicted molar refractivity (Wildman–Crippen MR) is 60.3 cm³/mol. The molecule has 1 heteroatoms. The molecule has 0 radical (unpaired) electrons. The minimum absolute atomic E-state index is 0.0476. The molecule has 1 aliphatic carbocycles. The van der Waals surface area contributed by atoms with Gasteiger partial charge >= 0.3 is 0 Å². The largest absolute Gasteiger partial charge is 0.299 e. The Labute approximate surface area is 88.3 Å². The Balaban J connectivity index is 2.33. The molecule has 0 heterocycles. The number of hydrogen-bond acceptors (Lipinski definition) is 1. The number of carbonyl (C=O) groups excluding carboxylic acids is 1. The standard InChI is InChI=1S/C13H24O/c1-3-4-6-9-12(14)13(2)10-7-5-8-11-13/h3-11H2,1-2H3. The third kappa shape index (κ3) is 3.11. The second kappa shape index (κ2) is 5.53. The molecule has 1 fully saturated rings. The molecule has 14 heavy (non-hydrogen) atoms. The summed E-state index contributed by atoms with van der Waals surface area (Å²) < 4.78 is 0. The van der Waals surface area contributed by atoms with Crippen molar-refractivity contribution in [2.24, 2.45) is 5.41 Å². The Kier molecular flexibility index (Phi) is 4.64. The normalized spacial score (nSPS) is 20.7. The predicted octanol–water partition coefficient (Wildman–Crippen LogP) is 4.11. The third-order valence-corrected chi connectivity index (χ3v) is 3.64. The van der Waals surface area contributed by atoms with Gasteiger partial charge in [-0.2, -0.15) is 0 Å². The first-order valence-electron chi connectivity index (χ1n) is 6.22. The molecule has 0 aliphatic heterocycles. The van der Waals surface area contributed by atoms with Crippen LogP contribution in [-0.4, -0.2) is 5.78 Å². The van der Waals surface area contributed by atoms with Gasteiger partial charge in [0.05, 0.1) is 0 Å². The summed E-state index contributed by atoms with van der Waals surface area (Å²) >= 11 is 0. The number of ketones is 1. The van der Waals surface area contributed by atoms with Crippen LogP contribution >= 0.6 is 0 Å². The van der Waals surface area contributed by atoms with Crippen LogP contribution in [0.4, 0.5) is 0 Å². The van der Waals surface area contributed by atoms with Crippen LogP contribution in [0.25, 0.3) is 0 Å². The molecule has 0 aromatic rings. The zero-order chi connectivity index (χ0) is 10.4. The highest BCUT2D eigenvalue weighted by Crippen LogP contribution is 2.37. The highest BCUT2D eigenvalue weighted by atomic mass is 16.1. The summed E-state index contributed by atoms with van der Waals surface area (Å²) in [6.07, 6.45) is 10.5. The van der Waals surface area contributed by atoms with Crippen molar-refractivity contribution in [3.05, 3.63) is 0 Å². The minimum atomic E-state index is 0.0476. The summed E-state index contributed by atoms with van der Waals surface area (Å²) in [5, 5.41) is 0. The second-order valence-electron chi connectivity index (χ2n) is 5.00. The van der Waals surface area contributed by atoms with Gasteiger partial charge in [-0.15, -0.1) is 0 Å². The molecule has 0 unspecified atom stereocenters. The van der Waals surface area contributed by atoms with Gasteiger partial charge in [-0.05, 0) is 19.3 Å². The lowest BCUT2D eigenvalue weighted by Crippen LogP contribution is -2.30. The van der Waals surface area contributed by atoms with Crippen LogP contribution in [0.5, 0.6) is 0 Å². The molecule has 1 saturated carbocycles. The van der Waals surface area contributed by atoms with E-state index >= 15 is 0 Å². The molecule has 1 rings (SSSR count). The van der Waals surface area contributed by atoms with Crippen LogP contribution in [0, 0.1) is 5.41 Å². The van der Waals surface area contributed by atoms with E-state index in [1.165, 1.54) is 32.1 Å². The fourth-order valence-corrected chi connectivity index (χ4v) is 2.45. The molecule has 1 aliphatic rings. The maximum Gasteiger partial charge on any atom is 0.138 e. The van der Waals surface area contributed by atoms with Crippen molar-refractivity contribution in [1.82, 2.24) is 0 Å². The van der Waals surface area contributed by atoms with Gasteiger partial charge in [-0.1, -0.05) is 46.0 Å². The van der Waals surface area contributed by atoms with Crippen molar-refractivity contribution in [3.63, 3.8) is 0 Å². The Bertz CT molecular complexity index is 178. The quantitative estimate of drug-likeness (QED) is 0.605. The first-order chi connectivity index (χ1) is 6.69. The fraction of sp³-hybridized carbons (Fsp3) is 0.923. The van der Waals surface area contributed by atoms with E-state index in [1.807, 2.05) is 0 Å². The number of hydrogen-bond donors (Lipinski definition) is 0. The van der Waals surface area contributed by atoms with E-state index in [2.05, 4.69) is 13.8 Å².